The topological polar surface area (TPSA) is 43.7 Å². The zero-order valence-electron chi connectivity index (χ0n) is 11.2. The molecule has 1 aliphatic carbocycles. The van der Waals surface area contributed by atoms with Crippen LogP contribution in [0.1, 0.15) is 46.0 Å². The maximum atomic E-state index is 6.00. The summed E-state index contributed by atoms with van der Waals surface area (Å²) >= 11 is 0. The van der Waals surface area contributed by atoms with Gasteiger partial charge in [-0.05, 0) is 44.1 Å². The fraction of sp³-hybridized carbons (Fsp3) is 0.857. The summed E-state index contributed by atoms with van der Waals surface area (Å²) in [6.45, 7) is 8.68. The van der Waals surface area contributed by atoms with Gasteiger partial charge >= 0.3 is 0 Å². The maximum absolute atomic E-state index is 6.00. The Morgan fingerprint density at radius 3 is 2.88 bits per heavy atom. The lowest BCUT2D eigenvalue weighted by Gasteiger charge is -2.38. The van der Waals surface area contributed by atoms with Crippen LogP contribution >= 0.6 is 0 Å². The van der Waals surface area contributed by atoms with Crippen LogP contribution in [0.25, 0.3) is 0 Å². The summed E-state index contributed by atoms with van der Waals surface area (Å²) in [7, 11) is 0. The van der Waals surface area contributed by atoms with Crippen LogP contribution in [-0.2, 0) is 0 Å². The van der Waals surface area contributed by atoms with Crippen molar-refractivity contribution < 1.29 is 10.5 Å². The molecule has 2 atom stereocenters. The molecule has 1 unspecified atom stereocenters. The molecule has 3 nitrogen and oxygen atoms in total. The van der Waals surface area contributed by atoms with Gasteiger partial charge in [0.1, 0.15) is 0 Å². The van der Waals surface area contributed by atoms with E-state index in [-0.39, 0.29) is 0 Å². The molecule has 17 heavy (non-hydrogen) atoms. The third-order valence-electron chi connectivity index (χ3n) is 4.02. The van der Waals surface area contributed by atoms with Crippen LogP contribution in [-0.4, -0.2) is 35.0 Å². The molecule has 0 spiro atoms. The first-order valence-corrected chi connectivity index (χ1v) is 6.91. The van der Waals surface area contributed by atoms with Crippen molar-refractivity contribution in [3.8, 4) is 0 Å². The second kappa shape index (κ2) is 7.85. The summed E-state index contributed by atoms with van der Waals surface area (Å²) in [5.41, 5.74) is 1.78. The molecule has 0 aromatic rings. The summed E-state index contributed by atoms with van der Waals surface area (Å²) in [5, 5.41) is 12.0. The van der Waals surface area contributed by atoms with Gasteiger partial charge in [0.2, 0.25) is 0 Å². The quantitative estimate of drug-likeness (QED) is 0.451. The van der Waals surface area contributed by atoms with Crippen LogP contribution in [0.5, 0.6) is 0 Å². The van der Waals surface area contributed by atoms with Gasteiger partial charge in [-0.2, -0.15) is 0 Å². The SMILES string of the molecule is CCCCN1CCC2=CCC(C)C[C@@H]2C1.OO. The molecule has 1 fully saturated rings. The van der Waals surface area contributed by atoms with Gasteiger partial charge < -0.3 is 4.90 Å². The Morgan fingerprint density at radius 2 is 2.18 bits per heavy atom. The number of likely N-dealkylation sites (tertiary alicyclic amines) is 1. The van der Waals surface area contributed by atoms with Crippen LogP contribution < -0.4 is 0 Å². The zero-order valence-corrected chi connectivity index (χ0v) is 11.2. The van der Waals surface area contributed by atoms with E-state index in [0.29, 0.717) is 0 Å². The molecule has 2 rings (SSSR count). The average Bonchev–Trinajstić information content (AvgIpc) is 2.38. The Balaban J connectivity index is 0.000000686. The average molecular weight is 241 g/mol. The van der Waals surface area contributed by atoms with Crippen LogP contribution in [0.3, 0.4) is 0 Å². The number of rotatable bonds is 3. The highest BCUT2D eigenvalue weighted by atomic mass is 17.0. The largest absolute Gasteiger partial charge is 0.302 e. The second-order valence-electron chi connectivity index (χ2n) is 5.46. The molecule has 0 radical (unpaired) electrons. The van der Waals surface area contributed by atoms with Crippen molar-refractivity contribution in [2.75, 3.05) is 19.6 Å². The van der Waals surface area contributed by atoms with Gasteiger partial charge in [-0.15, -0.1) is 0 Å². The van der Waals surface area contributed by atoms with E-state index in [1.165, 1.54) is 51.7 Å². The lowest BCUT2D eigenvalue weighted by atomic mass is 9.78. The molecule has 3 heteroatoms. The first-order chi connectivity index (χ1) is 8.29. The van der Waals surface area contributed by atoms with E-state index in [9.17, 15) is 0 Å². The Kier molecular flexibility index (Phi) is 6.78. The lowest BCUT2D eigenvalue weighted by Crippen LogP contribution is -2.38. The molecule has 0 saturated carbocycles. The molecular weight excluding hydrogens is 214 g/mol. The fourth-order valence-corrected chi connectivity index (χ4v) is 3.03. The Labute approximate surface area is 105 Å². The summed E-state index contributed by atoms with van der Waals surface area (Å²) in [6.07, 6.45) is 9.37. The minimum Gasteiger partial charge on any atom is -0.302 e. The van der Waals surface area contributed by atoms with E-state index in [1.54, 1.807) is 5.57 Å². The number of hydrogen-bond donors (Lipinski definition) is 2. The lowest BCUT2D eigenvalue weighted by molar-refractivity contribution is -0.176. The highest BCUT2D eigenvalue weighted by molar-refractivity contribution is 5.14. The van der Waals surface area contributed by atoms with E-state index < -0.39 is 0 Å². The molecule has 0 aromatic carbocycles. The van der Waals surface area contributed by atoms with Gasteiger partial charge in [0.05, 0.1) is 0 Å². The van der Waals surface area contributed by atoms with Crippen molar-refractivity contribution in [1.29, 1.82) is 0 Å². The van der Waals surface area contributed by atoms with E-state index in [2.05, 4.69) is 24.8 Å². The van der Waals surface area contributed by atoms with Gasteiger partial charge in [0.25, 0.3) is 0 Å². The van der Waals surface area contributed by atoms with Gasteiger partial charge in [0, 0.05) is 13.1 Å². The highest BCUT2D eigenvalue weighted by Gasteiger charge is 2.27. The zero-order chi connectivity index (χ0) is 12.7. The predicted octanol–water partition coefficient (Wildman–Crippen LogP) is 3.48. The third-order valence-corrected chi connectivity index (χ3v) is 4.02. The van der Waals surface area contributed by atoms with Gasteiger partial charge in [-0.25, -0.2) is 0 Å². The van der Waals surface area contributed by atoms with Crippen molar-refractivity contribution >= 4 is 0 Å². The number of fused-ring (bicyclic) bond motifs is 1. The summed E-state index contributed by atoms with van der Waals surface area (Å²) < 4.78 is 0. The first-order valence-electron chi connectivity index (χ1n) is 6.91. The third kappa shape index (κ3) is 4.41. The van der Waals surface area contributed by atoms with Crippen molar-refractivity contribution in [1.82, 2.24) is 4.90 Å². The van der Waals surface area contributed by atoms with Crippen LogP contribution in [0.15, 0.2) is 11.6 Å². The van der Waals surface area contributed by atoms with E-state index in [4.69, 9.17) is 10.5 Å². The summed E-state index contributed by atoms with van der Waals surface area (Å²) in [6, 6.07) is 0. The van der Waals surface area contributed by atoms with Crippen LogP contribution in [0.4, 0.5) is 0 Å². The van der Waals surface area contributed by atoms with Crippen molar-refractivity contribution in [3.05, 3.63) is 11.6 Å². The molecule has 2 aliphatic rings. The smallest absolute Gasteiger partial charge is 0.00472 e. The summed E-state index contributed by atoms with van der Waals surface area (Å²) in [4.78, 5) is 2.68. The number of unbranched alkanes of at least 4 members (excludes halogenated alkanes) is 1. The van der Waals surface area contributed by atoms with E-state index >= 15 is 0 Å². The highest BCUT2D eigenvalue weighted by Crippen LogP contribution is 2.34. The molecular formula is C14H27NO2. The number of piperidine rings is 1. The summed E-state index contributed by atoms with van der Waals surface area (Å²) in [5.74, 6) is 1.82. The van der Waals surface area contributed by atoms with Crippen molar-refractivity contribution in [2.24, 2.45) is 11.8 Å². The normalized spacial score (nSPS) is 28.8. The second-order valence-corrected chi connectivity index (χ2v) is 5.46. The molecule has 1 aliphatic heterocycles. The Bertz CT molecular complexity index is 240. The van der Waals surface area contributed by atoms with Gasteiger partial charge in [0.15, 0.2) is 0 Å². The Morgan fingerprint density at radius 1 is 1.41 bits per heavy atom. The minimum atomic E-state index is 0.902. The van der Waals surface area contributed by atoms with Crippen molar-refractivity contribution in [3.63, 3.8) is 0 Å². The van der Waals surface area contributed by atoms with E-state index in [1.807, 2.05) is 0 Å². The molecule has 2 N–H and O–H groups in total. The Hall–Kier alpha value is -0.380. The van der Waals surface area contributed by atoms with Crippen molar-refractivity contribution in [2.45, 2.75) is 46.0 Å². The number of hydrogen-bond acceptors (Lipinski definition) is 3. The minimum absolute atomic E-state index is 0.902. The number of nitrogens with zero attached hydrogens (tertiary/aromatic N) is 1. The molecule has 100 valence electrons. The fourth-order valence-electron chi connectivity index (χ4n) is 3.03. The maximum Gasteiger partial charge on any atom is 0.00472 e. The van der Waals surface area contributed by atoms with Gasteiger partial charge in [-0.1, -0.05) is 31.9 Å². The molecule has 1 heterocycles. The monoisotopic (exact) mass is 241 g/mol. The molecule has 0 bridgehead atoms. The van der Waals surface area contributed by atoms with Crippen LogP contribution in [0, 0.1) is 11.8 Å². The van der Waals surface area contributed by atoms with Crippen LogP contribution in [0.2, 0.25) is 0 Å². The molecule has 0 aromatic heterocycles. The number of allylic oxidation sites excluding steroid dienone is 1. The van der Waals surface area contributed by atoms with E-state index in [0.717, 1.165) is 11.8 Å². The van der Waals surface area contributed by atoms with Gasteiger partial charge in [-0.3, -0.25) is 10.5 Å². The molecule has 1 saturated heterocycles. The predicted molar refractivity (Wildman–Crippen MR) is 71.2 cm³/mol. The first kappa shape index (κ1) is 14.7. The standard InChI is InChI=1S/C14H25N.H2O2/c1-3-4-8-15-9-7-13-6-5-12(2)10-14(13)11-15;1-2/h6,12,14H,3-5,7-11H2,1-2H3;1-2H/t12?,14-;/m1./s1. The molecule has 0 amide bonds.